The molecule has 104 valence electrons. The van der Waals surface area contributed by atoms with Crippen LogP contribution in [0, 0.1) is 12.8 Å². The van der Waals surface area contributed by atoms with Crippen molar-refractivity contribution in [3.05, 3.63) is 21.9 Å². The van der Waals surface area contributed by atoms with Crippen LogP contribution in [0.1, 0.15) is 69.4 Å². The lowest BCUT2D eigenvalue weighted by Gasteiger charge is -2.13. The first-order valence-electron chi connectivity index (χ1n) is 7.38. The van der Waals surface area contributed by atoms with Gasteiger partial charge in [-0.3, -0.25) is 0 Å². The molecule has 1 atom stereocenters. The van der Waals surface area contributed by atoms with E-state index in [1.54, 1.807) is 0 Å². The standard InChI is InChI=1S/C16H29NS/c1-13(2)9-7-5-6-8-11-17-15(4)16-14(3)10-12-18-16/h10,12-13,15,17H,5-9,11H2,1-4H3. The van der Waals surface area contributed by atoms with Crippen LogP contribution in [0.2, 0.25) is 0 Å². The van der Waals surface area contributed by atoms with Gasteiger partial charge in [-0.2, -0.15) is 0 Å². The van der Waals surface area contributed by atoms with Gasteiger partial charge >= 0.3 is 0 Å². The zero-order valence-corrected chi connectivity index (χ0v) is 13.3. The van der Waals surface area contributed by atoms with Crippen LogP contribution < -0.4 is 5.32 Å². The largest absolute Gasteiger partial charge is 0.309 e. The number of aryl methyl sites for hydroxylation is 1. The first-order valence-corrected chi connectivity index (χ1v) is 8.26. The zero-order valence-electron chi connectivity index (χ0n) is 12.5. The number of hydrogen-bond acceptors (Lipinski definition) is 2. The van der Waals surface area contributed by atoms with Gasteiger partial charge in [0.25, 0.3) is 0 Å². The van der Waals surface area contributed by atoms with Crippen LogP contribution in [0.4, 0.5) is 0 Å². The maximum Gasteiger partial charge on any atom is 0.0388 e. The number of nitrogens with one attached hydrogen (secondary N) is 1. The third-order valence-corrected chi connectivity index (χ3v) is 4.66. The number of unbranched alkanes of at least 4 members (excludes halogenated alkanes) is 3. The van der Waals surface area contributed by atoms with E-state index in [9.17, 15) is 0 Å². The molecular formula is C16H29NS. The number of thiophene rings is 1. The zero-order chi connectivity index (χ0) is 13.4. The molecule has 1 nitrogen and oxygen atoms in total. The summed E-state index contributed by atoms with van der Waals surface area (Å²) in [7, 11) is 0. The van der Waals surface area contributed by atoms with E-state index in [-0.39, 0.29) is 0 Å². The Morgan fingerprint density at radius 2 is 1.83 bits per heavy atom. The van der Waals surface area contributed by atoms with Gasteiger partial charge in [0.1, 0.15) is 0 Å². The van der Waals surface area contributed by atoms with Gasteiger partial charge in [-0.25, -0.2) is 0 Å². The average Bonchev–Trinajstić information content (AvgIpc) is 2.73. The Balaban J connectivity index is 2.03. The summed E-state index contributed by atoms with van der Waals surface area (Å²) >= 11 is 1.87. The van der Waals surface area contributed by atoms with E-state index >= 15 is 0 Å². The third kappa shape index (κ3) is 6.01. The van der Waals surface area contributed by atoms with E-state index < -0.39 is 0 Å². The highest BCUT2D eigenvalue weighted by Gasteiger charge is 2.08. The minimum Gasteiger partial charge on any atom is -0.309 e. The lowest BCUT2D eigenvalue weighted by atomic mass is 10.0. The van der Waals surface area contributed by atoms with Crippen LogP contribution in [0.5, 0.6) is 0 Å². The van der Waals surface area contributed by atoms with Gasteiger partial charge in [0.2, 0.25) is 0 Å². The van der Waals surface area contributed by atoms with Gasteiger partial charge in [-0.05, 0) is 49.7 Å². The summed E-state index contributed by atoms with van der Waals surface area (Å²) < 4.78 is 0. The van der Waals surface area contributed by atoms with E-state index in [0.717, 1.165) is 12.5 Å². The summed E-state index contributed by atoms with van der Waals surface area (Å²) in [5, 5.41) is 5.83. The van der Waals surface area contributed by atoms with E-state index in [0.29, 0.717) is 6.04 Å². The van der Waals surface area contributed by atoms with Crippen molar-refractivity contribution in [3.8, 4) is 0 Å². The predicted octanol–water partition coefficient (Wildman–Crippen LogP) is 5.31. The molecule has 0 amide bonds. The fourth-order valence-electron chi connectivity index (χ4n) is 2.27. The SMILES string of the molecule is Cc1ccsc1C(C)NCCCCCCC(C)C. The minimum atomic E-state index is 0.515. The van der Waals surface area contributed by atoms with Gasteiger partial charge < -0.3 is 5.32 Å². The first kappa shape index (κ1) is 15.7. The Hall–Kier alpha value is -0.340. The third-order valence-electron chi connectivity index (χ3n) is 3.45. The van der Waals surface area contributed by atoms with E-state index in [1.165, 1.54) is 42.5 Å². The summed E-state index contributed by atoms with van der Waals surface area (Å²) in [5.74, 6) is 0.866. The Labute approximate surface area is 117 Å². The topological polar surface area (TPSA) is 12.0 Å². The molecule has 0 aliphatic rings. The second-order valence-electron chi connectivity index (χ2n) is 5.74. The van der Waals surface area contributed by atoms with E-state index in [4.69, 9.17) is 0 Å². The van der Waals surface area contributed by atoms with Gasteiger partial charge in [0.05, 0.1) is 0 Å². The molecule has 0 saturated carbocycles. The average molecular weight is 267 g/mol. The molecule has 0 bridgehead atoms. The summed E-state index contributed by atoms with van der Waals surface area (Å²) in [6, 6.07) is 2.73. The van der Waals surface area contributed by atoms with Crippen molar-refractivity contribution < 1.29 is 0 Å². The number of hydrogen-bond donors (Lipinski definition) is 1. The van der Waals surface area contributed by atoms with Crippen LogP contribution in [-0.2, 0) is 0 Å². The molecule has 1 N–H and O–H groups in total. The van der Waals surface area contributed by atoms with Crippen molar-refractivity contribution in [1.29, 1.82) is 0 Å². The molecule has 0 aliphatic carbocycles. The van der Waals surface area contributed by atoms with Crippen LogP contribution in [0.15, 0.2) is 11.4 Å². The second-order valence-corrected chi connectivity index (χ2v) is 6.69. The molecular weight excluding hydrogens is 238 g/mol. The molecule has 1 rings (SSSR count). The first-order chi connectivity index (χ1) is 8.61. The normalized spacial score (nSPS) is 13.2. The Kier molecular flexibility index (Phi) is 7.60. The van der Waals surface area contributed by atoms with Crippen LogP contribution >= 0.6 is 11.3 Å². The van der Waals surface area contributed by atoms with E-state index in [1.807, 2.05) is 11.3 Å². The summed E-state index contributed by atoms with van der Waals surface area (Å²) in [6.07, 6.45) is 6.87. The van der Waals surface area contributed by atoms with Gasteiger partial charge in [0.15, 0.2) is 0 Å². The molecule has 1 aromatic rings. The van der Waals surface area contributed by atoms with Gasteiger partial charge in [-0.1, -0.05) is 39.5 Å². The molecule has 18 heavy (non-hydrogen) atoms. The van der Waals surface area contributed by atoms with Crippen LogP contribution in [0.25, 0.3) is 0 Å². The van der Waals surface area contributed by atoms with Crippen LogP contribution in [0.3, 0.4) is 0 Å². The molecule has 0 aromatic carbocycles. The van der Waals surface area contributed by atoms with Crippen molar-refractivity contribution in [2.75, 3.05) is 6.54 Å². The fraction of sp³-hybridized carbons (Fsp3) is 0.750. The van der Waals surface area contributed by atoms with Crippen molar-refractivity contribution >= 4 is 11.3 Å². The van der Waals surface area contributed by atoms with Crippen molar-refractivity contribution in [2.24, 2.45) is 5.92 Å². The molecule has 1 unspecified atom stereocenters. The monoisotopic (exact) mass is 267 g/mol. The minimum absolute atomic E-state index is 0.515. The van der Waals surface area contributed by atoms with Crippen molar-refractivity contribution in [2.45, 2.75) is 65.8 Å². The molecule has 1 heterocycles. The Morgan fingerprint density at radius 1 is 1.11 bits per heavy atom. The molecule has 0 spiro atoms. The quantitative estimate of drug-likeness (QED) is 0.598. The maximum absolute atomic E-state index is 3.64. The smallest absolute Gasteiger partial charge is 0.0388 e. The lowest BCUT2D eigenvalue weighted by Crippen LogP contribution is -2.19. The number of rotatable bonds is 9. The molecule has 0 saturated heterocycles. The highest BCUT2D eigenvalue weighted by molar-refractivity contribution is 7.10. The summed E-state index contributed by atoms with van der Waals surface area (Å²) in [5.41, 5.74) is 1.43. The molecule has 1 aromatic heterocycles. The second kappa shape index (κ2) is 8.71. The fourth-order valence-corrected chi connectivity index (χ4v) is 3.23. The molecule has 0 radical (unpaired) electrons. The molecule has 0 aliphatic heterocycles. The van der Waals surface area contributed by atoms with Gasteiger partial charge in [-0.15, -0.1) is 11.3 Å². The Bertz CT molecular complexity index is 317. The maximum atomic E-state index is 3.64. The molecule has 2 heteroatoms. The van der Waals surface area contributed by atoms with Crippen molar-refractivity contribution in [1.82, 2.24) is 5.32 Å². The lowest BCUT2D eigenvalue weighted by molar-refractivity contribution is 0.500. The highest BCUT2D eigenvalue weighted by atomic mass is 32.1. The van der Waals surface area contributed by atoms with Gasteiger partial charge in [0, 0.05) is 10.9 Å². The Morgan fingerprint density at radius 3 is 2.44 bits per heavy atom. The summed E-state index contributed by atoms with van der Waals surface area (Å²) in [4.78, 5) is 1.50. The van der Waals surface area contributed by atoms with Crippen LogP contribution in [-0.4, -0.2) is 6.54 Å². The molecule has 0 fully saturated rings. The van der Waals surface area contributed by atoms with E-state index in [2.05, 4.69) is 44.5 Å². The summed E-state index contributed by atoms with van der Waals surface area (Å²) in [6.45, 7) is 10.3. The predicted molar refractivity (Wildman–Crippen MR) is 83.4 cm³/mol. The van der Waals surface area contributed by atoms with Crippen molar-refractivity contribution in [3.63, 3.8) is 0 Å². The highest BCUT2D eigenvalue weighted by Crippen LogP contribution is 2.23.